The number of unbranched alkanes of at least 4 members (excludes halogenated alkanes) is 5. The molecule has 22 heavy (non-hydrogen) atoms. The lowest BCUT2D eigenvalue weighted by Gasteiger charge is -2.24. The molecule has 0 saturated heterocycles. The molecule has 1 aromatic rings. The van der Waals surface area contributed by atoms with Crippen LogP contribution in [-0.2, 0) is 16.1 Å². The first-order valence-electron chi connectivity index (χ1n) is 8.45. The van der Waals surface area contributed by atoms with Crippen LogP contribution < -0.4 is 0 Å². The zero-order chi connectivity index (χ0) is 15.6. The molecule has 0 spiro atoms. The number of benzene rings is 1. The van der Waals surface area contributed by atoms with Gasteiger partial charge in [-0.05, 0) is 23.6 Å². The molecule has 1 aromatic carbocycles. The number of ether oxygens (including phenoxy) is 1. The highest BCUT2D eigenvalue weighted by Crippen LogP contribution is 2.18. The molecule has 1 aliphatic rings. The van der Waals surface area contributed by atoms with Gasteiger partial charge in [0.2, 0.25) is 0 Å². The molecule has 2 rings (SSSR count). The number of hydrogen-bond acceptors (Lipinski definition) is 3. The average Bonchev–Trinajstić information content (AvgIpc) is 2.54. The summed E-state index contributed by atoms with van der Waals surface area (Å²) >= 11 is 0. The normalized spacial score (nSPS) is 13.0. The molecular weight excluding hydrogens is 274 g/mol. The van der Waals surface area contributed by atoms with Gasteiger partial charge in [-0.2, -0.15) is 0 Å². The van der Waals surface area contributed by atoms with E-state index in [1.165, 1.54) is 36.8 Å². The molecule has 0 bridgehead atoms. The van der Waals surface area contributed by atoms with E-state index < -0.39 is 0 Å². The molecule has 0 N–H and O–H groups in total. The Balaban J connectivity index is 1.60. The molecule has 1 aliphatic heterocycles. The Morgan fingerprint density at radius 1 is 1.14 bits per heavy atom. The van der Waals surface area contributed by atoms with Crippen molar-refractivity contribution < 1.29 is 9.53 Å². The van der Waals surface area contributed by atoms with Crippen molar-refractivity contribution in [3.05, 3.63) is 41.6 Å². The van der Waals surface area contributed by atoms with Gasteiger partial charge >= 0.3 is 5.97 Å². The predicted molar refractivity (Wildman–Crippen MR) is 90.2 cm³/mol. The molecule has 0 atom stereocenters. The van der Waals surface area contributed by atoms with Crippen LogP contribution in [0.4, 0.5) is 0 Å². The van der Waals surface area contributed by atoms with Gasteiger partial charge in [-0.3, -0.25) is 4.79 Å². The molecule has 3 nitrogen and oxygen atoms in total. The van der Waals surface area contributed by atoms with Crippen LogP contribution in [-0.4, -0.2) is 24.0 Å². The Labute approximate surface area is 134 Å². The molecule has 0 radical (unpaired) electrons. The maximum absolute atomic E-state index is 11.9. The maximum Gasteiger partial charge on any atom is 0.325 e. The fourth-order valence-electron chi connectivity index (χ4n) is 2.69. The Bertz CT molecular complexity index is 496. The van der Waals surface area contributed by atoms with Gasteiger partial charge in [-0.1, -0.05) is 63.3 Å². The quantitative estimate of drug-likeness (QED) is 0.501. The topological polar surface area (TPSA) is 29.5 Å². The Hall–Kier alpha value is -1.77. The van der Waals surface area contributed by atoms with Crippen LogP contribution in [0.25, 0.3) is 6.08 Å². The molecule has 0 unspecified atom stereocenters. The molecule has 0 saturated carbocycles. The van der Waals surface area contributed by atoms with Gasteiger partial charge in [0, 0.05) is 12.7 Å². The van der Waals surface area contributed by atoms with Crippen LogP contribution in [0.2, 0.25) is 0 Å². The van der Waals surface area contributed by atoms with Crippen LogP contribution in [0.5, 0.6) is 0 Å². The van der Waals surface area contributed by atoms with E-state index in [0.29, 0.717) is 13.2 Å². The Morgan fingerprint density at radius 2 is 1.91 bits per heavy atom. The number of rotatable bonds is 9. The van der Waals surface area contributed by atoms with Gasteiger partial charge in [-0.25, -0.2) is 0 Å². The summed E-state index contributed by atoms with van der Waals surface area (Å²) in [6.45, 7) is 3.88. The predicted octanol–water partition coefficient (Wildman–Crippen LogP) is 4.38. The SMILES string of the molecule is CCCCCCCCOC(=O)CN1C=Cc2ccccc2C1. The number of nitrogens with zero attached hydrogens (tertiary/aromatic N) is 1. The van der Waals surface area contributed by atoms with Gasteiger partial charge in [0.05, 0.1) is 6.61 Å². The fourth-order valence-corrected chi connectivity index (χ4v) is 2.69. The number of fused-ring (bicyclic) bond motifs is 1. The van der Waals surface area contributed by atoms with Crippen LogP contribution in [0, 0.1) is 0 Å². The van der Waals surface area contributed by atoms with Gasteiger partial charge in [0.25, 0.3) is 0 Å². The summed E-state index contributed by atoms with van der Waals surface area (Å²) in [5.74, 6) is -0.127. The van der Waals surface area contributed by atoms with Gasteiger partial charge < -0.3 is 9.64 Å². The van der Waals surface area contributed by atoms with Crippen LogP contribution in [0.1, 0.15) is 56.6 Å². The monoisotopic (exact) mass is 301 g/mol. The first-order chi connectivity index (χ1) is 10.8. The third-order valence-corrected chi connectivity index (χ3v) is 3.99. The molecule has 3 heteroatoms. The lowest BCUT2D eigenvalue weighted by Crippen LogP contribution is -2.28. The zero-order valence-electron chi connectivity index (χ0n) is 13.6. The summed E-state index contributed by atoms with van der Waals surface area (Å²) in [6, 6.07) is 8.27. The summed E-state index contributed by atoms with van der Waals surface area (Å²) in [4.78, 5) is 13.9. The van der Waals surface area contributed by atoms with E-state index in [0.717, 1.165) is 19.4 Å². The Kier molecular flexibility index (Phi) is 7.01. The molecule has 0 fully saturated rings. The minimum Gasteiger partial charge on any atom is -0.464 e. The van der Waals surface area contributed by atoms with E-state index in [4.69, 9.17) is 4.74 Å². The number of hydrogen-bond donors (Lipinski definition) is 0. The second-order valence-corrected chi connectivity index (χ2v) is 5.91. The van der Waals surface area contributed by atoms with Crippen molar-refractivity contribution in [3.8, 4) is 0 Å². The van der Waals surface area contributed by atoms with Gasteiger partial charge in [-0.15, -0.1) is 0 Å². The molecular formula is C19H27NO2. The maximum atomic E-state index is 11.9. The van der Waals surface area contributed by atoms with E-state index in [2.05, 4.69) is 25.1 Å². The van der Waals surface area contributed by atoms with E-state index in [1.807, 2.05) is 23.2 Å². The lowest BCUT2D eigenvalue weighted by molar-refractivity contribution is -0.144. The molecule has 120 valence electrons. The van der Waals surface area contributed by atoms with Crippen LogP contribution in [0.15, 0.2) is 30.5 Å². The molecule has 0 aromatic heterocycles. The van der Waals surface area contributed by atoms with Crippen LogP contribution >= 0.6 is 0 Å². The summed E-state index contributed by atoms with van der Waals surface area (Å²) in [5, 5.41) is 0. The first kappa shape index (κ1) is 16.6. The number of carbonyl (C=O) groups excluding carboxylic acids is 1. The zero-order valence-corrected chi connectivity index (χ0v) is 13.6. The number of esters is 1. The third kappa shape index (κ3) is 5.55. The van der Waals surface area contributed by atoms with Crippen molar-refractivity contribution in [2.24, 2.45) is 0 Å². The summed E-state index contributed by atoms with van der Waals surface area (Å²) in [5.41, 5.74) is 2.49. The molecule has 0 aliphatic carbocycles. The third-order valence-electron chi connectivity index (χ3n) is 3.99. The molecule has 0 amide bonds. The summed E-state index contributed by atoms with van der Waals surface area (Å²) in [6.07, 6.45) is 11.3. The molecule has 1 heterocycles. The summed E-state index contributed by atoms with van der Waals surface area (Å²) < 4.78 is 5.32. The summed E-state index contributed by atoms with van der Waals surface area (Å²) in [7, 11) is 0. The Morgan fingerprint density at radius 3 is 2.77 bits per heavy atom. The van der Waals surface area contributed by atoms with E-state index >= 15 is 0 Å². The van der Waals surface area contributed by atoms with Crippen molar-refractivity contribution in [3.63, 3.8) is 0 Å². The van der Waals surface area contributed by atoms with Crippen molar-refractivity contribution in [2.75, 3.05) is 13.2 Å². The smallest absolute Gasteiger partial charge is 0.325 e. The van der Waals surface area contributed by atoms with Crippen molar-refractivity contribution >= 4 is 12.0 Å². The first-order valence-corrected chi connectivity index (χ1v) is 8.45. The second-order valence-electron chi connectivity index (χ2n) is 5.91. The highest BCUT2D eigenvalue weighted by molar-refractivity contribution is 5.72. The highest BCUT2D eigenvalue weighted by atomic mass is 16.5. The second kappa shape index (κ2) is 9.29. The average molecular weight is 301 g/mol. The van der Waals surface area contributed by atoms with Gasteiger partial charge in [0.15, 0.2) is 0 Å². The minimum atomic E-state index is -0.127. The lowest BCUT2D eigenvalue weighted by atomic mass is 10.0. The minimum absolute atomic E-state index is 0.127. The van der Waals surface area contributed by atoms with Crippen molar-refractivity contribution in [2.45, 2.75) is 52.0 Å². The van der Waals surface area contributed by atoms with E-state index in [9.17, 15) is 4.79 Å². The van der Waals surface area contributed by atoms with Crippen molar-refractivity contribution in [1.82, 2.24) is 4.90 Å². The largest absolute Gasteiger partial charge is 0.464 e. The highest BCUT2D eigenvalue weighted by Gasteiger charge is 2.13. The van der Waals surface area contributed by atoms with Crippen molar-refractivity contribution in [1.29, 1.82) is 0 Å². The standard InChI is InChI=1S/C19H27NO2/c1-2-3-4-5-6-9-14-22-19(21)16-20-13-12-17-10-7-8-11-18(17)15-20/h7-8,10-13H,2-6,9,14-16H2,1H3. The fraction of sp³-hybridized carbons (Fsp3) is 0.526. The van der Waals surface area contributed by atoms with E-state index in [-0.39, 0.29) is 5.97 Å². The number of carbonyl (C=O) groups is 1. The van der Waals surface area contributed by atoms with E-state index in [1.54, 1.807) is 0 Å². The van der Waals surface area contributed by atoms with Gasteiger partial charge in [0.1, 0.15) is 6.54 Å². The van der Waals surface area contributed by atoms with Crippen LogP contribution in [0.3, 0.4) is 0 Å².